The van der Waals surface area contributed by atoms with Gasteiger partial charge in [-0.3, -0.25) is 4.98 Å². The third kappa shape index (κ3) is 2.32. The van der Waals surface area contributed by atoms with Crippen LogP contribution in [0.4, 0.5) is 10.3 Å². The first-order chi connectivity index (χ1) is 11.2. The molecule has 0 bridgehead atoms. The molecular formula is C17H16FN5. The molecule has 0 saturated heterocycles. The summed E-state index contributed by atoms with van der Waals surface area (Å²) in [6.45, 7) is 1.72. The number of halogens is 1. The molecule has 5 nitrogen and oxygen atoms in total. The summed E-state index contributed by atoms with van der Waals surface area (Å²) >= 11 is 0. The highest BCUT2D eigenvalue weighted by molar-refractivity contribution is 5.81. The fourth-order valence-electron chi connectivity index (χ4n) is 2.83. The molecule has 2 aromatic heterocycles. The van der Waals surface area contributed by atoms with Gasteiger partial charge in [0.25, 0.3) is 0 Å². The molecule has 0 amide bonds. The van der Waals surface area contributed by atoms with Gasteiger partial charge in [0.2, 0.25) is 5.95 Å². The summed E-state index contributed by atoms with van der Waals surface area (Å²) in [4.78, 5) is 11.0. The summed E-state index contributed by atoms with van der Waals surface area (Å²) in [6.07, 6.45) is 3.52. The van der Waals surface area contributed by atoms with Crippen molar-refractivity contribution < 1.29 is 4.39 Å². The molecule has 3 aromatic rings. The molecule has 1 N–H and O–H groups in total. The lowest BCUT2D eigenvalue weighted by Crippen LogP contribution is -2.37. The van der Waals surface area contributed by atoms with Crippen LogP contribution in [0.5, 0.6) is 0 Å². The van der Waals surface area contributed by atoms with Crippen LogP contribution in [0.25, 0.3) is 22.5 Å². The monoisotopic (exact) mass is 309 g/mol. The van der Waals surface area contributed by atoms with E-state index in [0.717, 1.165) is 41.6 Å². The molecule has 6 heteroatoms. The molecule has 116 valence electrons. The highest BCUT2D eigenvalue weighted by Crippen LogP contribution is 2.35. The van der Waals surface area contributed by atoms with E-state index in [0.29, 0.717) is 0 Å². The fourth-order valence-corrected chi connectivity index (χ4v) is 2.83. The molecular weight excluding hydrogens is 293 g/mol. The Morgan fingerprint density at radius 3 is 2.52 bits per heavy atom. The van der Waals surface area contributed by atoms with Crippen LogP contribution < -0.4 is 10.3 Å². The highest BCUT2D eigenvalue weighted by atomic mass is 19.1. The summed E-state index contributed by atoms with van der Waals surface area (Å²) in [5.41, 5.74) is 7.06. The number of fused-ring (bicyclic) bond motifs is 1. The molecule has 0 radical (unpaired) electrons. The average molecular weight is 309 g/mol. The number of benzene rings is 1. The van der Waals surface area contributed by atoms with Crippen molar-refractivity contribution in [3.05, 3.63) is 54.6 Å². The molecule has 0 saturated carbocycles. The minimum absolute atomic E-state index is 0.251. The van der Waals surface area contributed by atoms with Crippen molar-refractivity contribution in [3.8, 4) is 22.5 Å². The molecule has 0 fully saturated rings. The normalized spacial score (nSPS) is 13.6. The van der Waals surface area contributed by atoms with E-state index in [-0.39, 0.29) is 5.82 Å². The van der Waals surface area contributed by atoms with Gasteiger partial charge in [-0.25, -0.2) is 14.1 Å². The Balaban J connectivity index is 1.96. The van der Waals surface area contributed by atoms with Gasteiger partial charge in [-0.15, -0.1) is 0 Å². The van der Waals surface area contributed by atoms with Gasteiger partial charge in [-0.05, 0) is 36.4 Å². The topological polar surface area (TPSA) is 46.0 Å². The van der Waals surface area contributed by atoms with Crippen molar-refractivity contribution in [2.45, 2.75) is 0 Å². The zero-order valence-corrected chi connectivity index (χ0v) is 12.7. The maximum Gasteiger partial charge on any atom is 0.225 e. The van der Waals surface area contributed by atoms with E-state index in [1.807, 2.05) is 23.9 Å². The molecule has 0 unspecified atom stereocenters. The lowest BCUT2D eigenvalue weighted by Gasteiger charge is -2.27. The fraction of sp³-hybridized carbons (Fsp3) is 0.176. The maximum atomic E-state index is 13.3. The third-order valence-corrected chi connectivity index (χ3v) is 3.99. The molecule has 4 rings (SSSR count). The first-order valence-electron chi connectivity index (χ1n) is 7.48. The highest BCUT2D eigenvalue weighted by Gasteiger charge is 2.24. The largest absolute Gasteiger partial charge is 0.342 e. The molecule has 0 atom stereocenters. The number of nitrogens with one attached hydrogen (secondary N) is 1. The second-order valence-electron chi connectivity index (χ2n) is 5.52. The minimum atomic E-state index is -0.251. The third-order valence-electron chi connectivity index (χ3n) is 3.99. The van der Waals surface area contributed by atoms with Crippen LogP contribution in [-0.2, 0) is 0 Å². The van der Waals surface area contributed by atoms with E-state index in [1.54, 1.807) is 24.5 Å². The van der Waals surface area contributed by atoms with Crippen LogP contribution in [0.1, 0.15) is 0 Å². The zero-order valence-electron chi connectivity index (χ0n) is 12.7. The van der Waals surface area contributed by atoms with Crippen molar-refractivity contribution in [3.63, 3.8) is 0 Å². The Morgan fingerprint density at radius 2 is 1.78 bits per heavy atom. The number of hydrogen-bond donors (Lipinski definition) is 1. The molecule has 3 heterocycles. The average Bonchev–Trinajstić information content (AvgIpc) is 2.97. The van der Waals surface area contributed by atoms with Gasteiger partial charge in [-0.2, -0.15) is 0 Å². The van der Waals surface area contributed by atoms with E-state index < -0.39 is 0 Å². The standard InChI is InChI=1S/C17H16FN5/c1-22-11-10-20-23-16(13-6-8-19-9-7-13)15(21-17(22)23)12-2-4-14(18)5-3-12/h2-9,20H,10-11H2,1H3. The van der Waals surface area contributed by atoms with Gasteiger partial charge in [0.15, 0.2) is 0 Å². The Labute approximate surface area is 133 Å². The van der Waals surface area contributed by atoms with Crippen LogP contribution >= 0.6 is 0 Å². The van der Waals surface area contributed by atoms with E-state index in [9.17, 15) is 4.39 Å². The lowest BCUT2D eigenvalue weighted by atomic mass is 10.1. The van der Waals surface area contributed by atoms with Crippen molar-refractivity contribution in [1.82, 2.24) is 14.6 Å². The summed E-state index contributed by atoms with van der Waals surface area (Å²) in [5.74, 6) is 0.598. The van der Waals surface area contributed by atoms with Gasteiger partial charge in [0.05, 0.1) is 5.69 Å². The molecule has 0 aliphatic carbocycles. The van der Waals surface area contributed by atoms with Gasteiger partial charge < -0.3 is 10.3 Å². The van der Waals surface area contributed by atoms with E-state index in [1.165, 1.54) is 12.1 Å². The van der Waals surface area contributed by atoms with E-state index >= 15 is 0 Å². The molecule has 0 spiro atoms. The number of hydrogen-bond acceptors (Lipinski definition) is 4. The molecule has 1 aliphatic heterocycles. The summed E-state index contributed by atoms with van der Waals surface area (Å²) in [7, 11) is 2.02. The lowest BCUT2D eigenvalue weighted by molar-refractivity contribution is 0.628. The summed E-state index contributed by atoms with van der Waals surface area (Å²) < 4.78 is 15.3. The Kier molecular flexibility index (Phi) is 3.22. The van der Waals surface area contributed by atoms with Crippen LogP contribution in [-0.4, -0.2) is 34.8 Å². The van der Waals surface area contributed by atoms with Crippen LogP contribution in [0.2, 0.25) is 0 Å². The Bertz CT molecular complexity index is 826. The SMILES string of the molecule is CN1CCNn2c1nc(-c1ccc(F)cc1)c2-c1ccncc1. The van der Waals surface area contributed by atoms with Crippen molar-refractivity contribution in [1.29, 1.82) is 0 Å². The number of aromatic nitrogens is 3. The number of likely N-dealkylation sites (N-methyl/N-ethyl adjacent to an activating group) is 1. The number of pyridine rings is 1. The van der Waals surface area contributed by atoms with Crippen molar-refractivity contribution >= 4 is 5.95 Å². The smallest absolute Gasteiger partial charge is 0.225 e. The van der Waals surface area contributed by atoms with Crippen LogP contribution in [0, 0.1) is 5.82 Å². The number of rotatable bonds is 2. The van der Waals surface area contributed by atoms with E-state index in [2.05, 4.69) is 15.3 Å². The van der Waals surface area contributed by atoms with Crippen LogP contribution in [0.3, 0.4) is 0 Å². The maximum absolute atomic E-state index is 13.3. The minimum Gasteiger partial charge on any atom is -0.342 e. The van der Waals surface area contributed by atoms with Gasteiger partial charge in [0.1, 0.15) is 11.5 Å². The first-order valence-corrected chi connectivity index (χ1v) is 7.48. The predicted octanol–water partition coefficient (Wildman–Crippen LogP) is 2.74. The van der Waals surface area contributed by atoms with E-state index in [4.69, 9.17) is 4.98 Å². The summed E-state index contributed by atoms with van der Waals surface area (Å²) in [5, 5.41) is 0. The van der Waals surface area contributed by atoms with Gasteiger partial charge in [0, 0.05) is 43.7 Å². The zero-order chi connectivity index (χ0) is 15.8. The van der Waals surface area contributed by atoms with Crippen molar-refractivity contribution in [2.24, 2.45) is 0 Å². The molecule has 1 aliphatic rings. The molecule has 23 heavy (non-hydrogen) atoms. The number of imidazole rings is 1. The number of anilines is 1. The van der Waals surface area contributed by atoms with Crippen molar-refractivity contribution in [2.75, 3.05) is 30.5 Å². The predicted molar refractivity (Wildman–Crippen MR) is 88.3 cm³/mol. The Hall–Kier alpha value is -2.89. The quantitative estimate of drug-likeness (QED) is 0.790. The van der Waals surface area contributed by atoms with Gasteiger partial charge >= 0.3 is 0 Å². The summed E-state index contributed by atoms with van der Waals surface area (Å²) in [6, 6.07) is 10.3. The first kappa shape index (κ1) is 13.8. The van der Waals surface area contributed by atoms with Gasteiger partial charge in [-0.1, -0.05) is 0 Å². The second-order valence-corrected chi connectivity index (χ2v) is 5.52. The van der Waals surface area contributed by atoms with Crippen LogP contribution in [0.15, 0.2) is 48.8 Å². The second kappa shape index (κ2) is 5.39. The number of nitrogens with zero attached hydrogens (tertiary/aromatic N) is 4. The molecule has 1 aromatic carbocycles. The Morgan fingerprint density at radius 1 is 1.04 bits per heavy atom.